The van der Waals surface area contributed by atoms with Crippen LogP contribution in [0.2, 0.25) is 0 Å². The summed E-state index contributed by atoms with van der Waals surface area (Å²) in [5.74, 6) is 0.404. The van der Waals surface area contributed by atoms with Crippen LogP contribution in [-0.4, -0.2) is 30.6 Å². The summed E-state index contributed by atoms with van der Waals surface area (Å²) in [6, 6.07) is 19.7. The molecule has 0 unspecified atom stereocenters. The Balaban J connectivity index is 1.43. The standard InChI is InChI=1S/C25H29NO2/c27-21-12-13-25(28-16-6-9-19-7-2-1-3-8-19)23-17-20-10-4-5-11-22(20)24(25,18-21)14-15-26-23/h1-5,7-8,10-11,23,26H,6,9,12-18H2/t23-,24-,25-/m1/s1. The van der Waals surface area contributed by atoms with Gasteiger partial charge in [0.1, 0.15) is 5.78 Å². The van der Waals surface area contributed by atoms with Gasteiger partial charge < -0.3 is 10.1 Å². The van der Waals surface area contributed by atoms with Crippen molar-refractivity contribution >= 4 is 5.78 Å². The molecule has 1 aliphatic heterocycles. The van der Waals surface area contributed by atoms with Crippen LogP contribution in [-0.2, 0) is 27.8 Å². The summed E-state index contributed by atoms with van der Waals surface area (Å²) in [6.45, 7) is 1.73. The molecule has 28 heavy (non-hydrogen) atoms. The number of hydrogen-bond acceptors (Lipinski definition) is 3. The van der Waals surface area contributed by atoms with Gasteiger partial charge in [-0.3, -0.25) is 4.79 Å². The van der Waals surface area contributed by atoms with Crippen LogP contribution in [0.4, 0.5) is 0 Å². The Hall–Kier alpha value is -1.97. The number of hydrogen-bond donors (Lipinski definition) is 1. The minimum atomic E-state index is -0.246. The fourth-order valence-electron chi connectivity index (χ4n) is 6.14. The molecule has 0 aromatic heterocycles. The van der Waals surface area contributed by atoms with Gasteiger partial charge in [-0.25, -0.2) is 0 Å². The summed E-state index contributed by atoms with van der Waals surface area (Å²) in [7, 11) is 0. The van der Waals surface area contributed by atoms with Gasteiger partial charge in [-0.15, -0.1) is 0 Å². The molecule has 1 saturated heterocycles. The highest BCUT2D eigenvalue weighted by atomic mass is 16.5. The van der Waals surface area contributed by atoms with E-state index in [9.17, 15) is 4.79 Å². The molecule has 1 saturated carbocycles. The third kappa shape index (κ3) is 2.75. The molecule has 5 rings (SSSR count). The molecule has 3 atom stereocenters. The molecule has 3 nitrogen and oxygen atoms in total. The Bertz CT molecular complexity index is 864. The monoisotopic (exact) mass is 375 g/mol. The summed E-state index contributed by atoms with van der Waals surface area (Å²) in [4.78, 5) is 12.6. The number of aryl methyl sites for hydroxylation is 1. The highest BCUT2D eigenvalue weighted by Gasteiger charge is 2.64. The van der Waals surface area contributed by atoms with Crippen molar-refractivity contribution < 1.29 is 9.53 Å². The van der Waals surface area contributed by atoms with Gasteiger partial charge in [-0.2, -0.15) is 0 Å². The Kier molecular flexibility index (Phi) is 4.60. The molecule has 2 aromatic rings. The molecule has 1 heterocycles. The van der Waals surface area contributed by atoms with Gasteiger partial charge in [-0.1, -0.05) is 54.6 Å². The van der Waals surface area contributed by atoms with Crippen LogP contribution >= 0.6 is 0 Å². The van der Waals surface area contributed by atoms with Gasteiger partial charge in [0.15, 0.2) is 0 Å². The van der Waals surface area contributed by atoms with Crippen molar-refractivity contribution in [2.45, 2.75) is 62.0 Å². The molecule has 1 N–H and O–H groups in total. The molecular weight excluding hydrogens is 346 g/mol. The van der Waals surface area contributed by atoms with Crippen molar-refractivity contribution in [3.63, 3.8) is 0 Å². The van der Waals surface area contributed by atoms with Gasteiger partial charge in [0, 0.05) is 30.9 Å². The van der Waals surface area contributed by atoms with Crippen molar-refractivity contribution in [2.24, 2.45) is 0 Å². The molecule has 0 amide bonds. The minimum absolute atomic E-state index is 0.153. The zero-order chi connectivity index (χ0) is 19.0. The Morgan fingerprint density at radius 2 is 1.86 bits per heavy atom. The normalized spacial score (nSPS) is 31.1. The molecular formula is C25H29NO2. The van der Waals surface area contributed by atoms with Crippen LogP contribution < -0.4 is 5.32 Å². The summed E-state index contributed by atoms with van der Waals surface area (Å²) in [5, 5.41) is 3.76. The number of benzene rings is 2. The summed E-state index contributed by atoms with van der Waals surface area (Å²) < 4.78 is 6.84. The highest BCUT2D eigenvalue weighted by Crippen LogP contribution is 2.57. The van der Waals surface area contributed by atoms with Gasteiger partial charge in [0.05, 0.1) is 5.60 Å². The number of ketones is 1. The smallest absolute Gasteiger partial charge is 0.134 e. The van der Waals surface area contributed by atoms with Crippen LogP contribution in [0.3, 0.4) is 0 Å². The predicted molar refractivity (Wildman–Crippen MR) is 111 cm³/mol. The first-order chi connectivity index (χ1) is 13.7. The summed E-state index contributed by atoms with van der Waals surface area (Å²) >= 11 is 0. The van der Waals surface area contributed by atoms with Crippen LogP contribution in [0.15, 0.2) is 54.6 Å². The summed E-state index contributed by atoms with van der Waals surface area (Å²) in [6.07, 6.45) is 6.20. The van der Waals surface area contributed by atoms with E-state index in [2.05, 4.69) is 59.9 Å². The Morgan fingerprint density at radius 3 is 2.75 bits per heavy atom. The van der Waals surface area contributed by atoms with Crippen molar-refractivity contribution in [3.05, 3.63) is 71.3 Å². The van der Waals surface area contributed by atoms with Crippen LogP contribution in [0, 0.1) is 0 Å². The molecule has 146 valence electrons. The first kappa shape index (κ1) is 18.1. The third-order valence-electron chi connectivity index (χ3n) is 7.36. The topological polar surface area (TPSA) is 38.3 Å². The van der Waals surface area contributed by atoms with Gasteiger partial charge in [-0.05, 0) is 55.3 Å². The van der Waals surface area contributed by atoms with Gasteiger partial charge >= 0.3 is 0 Å². The molecule has 3 aliphatic rings. The maximum absolute atomic E-state index is 12.6. The first-order valence-corrected chi connectivity index (χ1v) is 10.7. The second kappa shape index (κ2) is 7.13. The number of nitrogens with one attached hydrogen (secondary N) is 1. The van der Waals surface area contributed by atoms with E-state index in [0.717, 1.165) is 45.3 Å². The number of Topliss-reactive ketones (excluding diaryl/α,β-unsaturated/α-hetero) is 1. The molecule has 2 aromatic carbocycles. The summed E-state index contributed by atoms with van der Waals surface area (Å²) in [5.41, 5.74) is 3.75. The van der Waals surface area contributed by atoms with E-state index in [1.165, 1.54) is 16.7 Å². The minimum Gasteiger partial charge on any atom is -0.372 e. The second-order valence-corrected chi connectivity index (χ2v) is 8.74. The Labute approximate surface area is 167 Å². The third-order valence-corrected chi connectivity index (χ3v) is 7.36. The van der Waals surface area contributed by atoms with Crippen molar-refractivity contribution in [3.8, 4) is 0 Å². The molecule has 2 aliphatic carbocycles. The highest BCUT2D eigenvalue weighted by molar-refractivity contribution is 5.82. The molecule has 3 heteroatoms. The lowest BCUT2D eigenvalue weighted by Gasteiger charge is -2.62. The average Bonchev–Trinajstić information content (AvgIpc) is 2.72. The fraction of sp³-hybridized carbons (Fsp3) is 0.480. The molecule has 0 spiro atoms. The van der Waals surface area contributed by atoms with E-state index in [1.54, 1.807) is 0 Å². The van der Waals surface area contributed by atoms with E-state index in [1.807, 2.05) is 0 Å². The van der Waals surface area contributed by atoms with E-state index in [4.69, 9.17) is 4.74 Å². The number of piperidine rings is 1. The SMILES string of the molecule is O=C1CC[C@@]2(OCCCc3ccccc3)[C@H]3Cc4ccccc4[C@@]2(CCN3)C1. The van der Waals surface area contributed by atoms with Gasteiger partial charge in [0.2, 0.25) is 0 Å². The maximum atomic E-state index is 12.6. The van der Waals surface area contributed by atoms with Gasteiger partial charge in [0.25, 0.3) is 0 Å². The van der Waals surface area contributed by atoms with Crippen molar-refractivity contribution in [1.29, 1.82) is 0 Å². The van der Waals surface area contributed by atoms with Crippen LogP contribution in [0.1, 0.15) is 48.8 Å². The van der Waals surface area contributed by atoms with Crippen molar-refractivity contribution in [1.82, 2.24) is 5.32 Å². The van der Waals surface area contributed by atoms with E-state index in [-0.39, 0.29) is 11.0 Å². The van der Waals surface area contributed by atoms with Crippen molar-refractivity contribution in [2.75, 3.05) is 13.2 Å². The fourth-order valence-corrected chi connectivity index (χ4v) is 6.14. The lowest BCUT2D eigenvalue weighted by Crippen LogP contribution is -2.73. The number of fused-ring (bicyclic) bond motifs is 1. The lowest BCUT2D eigenvalue weighted by atomic mass is 9.49. The zero-order valence-corrected chi connectivity index (χ0v) is 16.5. The molecule has 0 radical (unpaired) electrons. The van der Waals surface area contributed by atoms with Crippen LogP contribution in [0.5, 0.6) is 0 Å². The quantitative estimate of drug-likeness (QED) is 0.803. The Morgan fingerprint density at radius 1 is 1.04 bits per heavy atom. The van der Waals surface area contributed by atoms with E-state index < -0.39 is 0 Å². The average molecular weight is 376 g/mol. The van der Waals surface area contributed by atoms with E-state index in [0.29, 0.717) is 24.7 Å². The first-order valence-electron chi connectivity index (χ1n) is 10.7. The maximum Gasteiger partial charge on any atom is 0.134 e. The lowest BCUT2D eigenvalue weighted by molar-refractivity contribution is -0.174. The van der Waals surface area contributed by atoms with E-state index >= 15 is 0 Å². The number of carbonyl (C=O) groups is 1. The van der Waals surface area contributed by atoms with Crippen LogP contribution in [0.25, 0.3) is 0 Å². The number of rotatable bonds is 5. The molecule has 2 bridgehead atoms. The number of carbonyl (C=O) groups excluding carboxylic acids is 1. The predicted octanol–water partition coefficient (Wildman–Crippen LogP) is 3.98. The molecule has 2 fully saturated rings. The second-order valence-electron chi connectivity index (χ2n) is 8.74. The largest absolute Gasteiger partial charge is 0.372 e. The number of ether oxygens (including phenoxy) is 1. The zero-order valence-electron chi connectivity index (χ0n) is 16.5.